The number of aromatic amines is 1. The molecule has 0 saturated carbocycles. The van der Waals surface area contributed by atoms with Crippen molar-refractivity contribution in [3.05, 3.63) is 52.3 Å². The molecule has 0 saturated heterocycles. The van der Waals surface area contributed by atoms with Crippen molar-refractivity contribution in [3.63, 3.8) is 0 Å². The van der Waals surface area contributed by atoms with Gasteiger partial charge < -0.3 is 14.6 Å². The number of nitrogens with zero attached hydrogens (tertiary/aromatic N) is 1. The summed E-state index contributed by atoms with van der Waals surface area (Å²) in [7, 11) is -2.14. The van der Waals surface area contributed by atoms with Crippen LogP contribution in [0.5, 0.6) is 0 Å². The summed E-state index contributed by atoms with van der Waals surface area (Å²) in [5.74, 6) is -0.767. The Labute approximate surface area is 171 Å². The molecule has 1 amide bonds. The molecule has 158 valence electrons. The third-order valence-electron chi connectivity index (χ3n) is 4.79. The van der Waals surface area contributed by atoms with Crippen LogP contribution < -0.4 is 5.14 Å². The summed E-state index contributed by atoms with van der Waals surface area (Å²) in [5.41, 5.74) is 2.51. The smallest absolute Gasteiger partial charge is 0.340 e. The van der Waals surface area contributed by atoms with E-state index in [1.807, 2.05) is 6.92 Å². The van der Waals surface area contributed by atoms with Crippen molar-refractivity contribution in [1.82, 2.24) is 9.88 Å². The van der Waals surface area contributed by atoms with Crippen molar-refractivity contribution < 1.29 is 22.7 Å². The van der Waals surface area contributed by atoms with Crippen molar-refractivity contribution in [2.75, 3.05) is 7.05 Å². The molecular weight excluding hydrogens is 394 g/mol. The molecule has 2 rings (SSSR count). The molecule has 0 unspecified atom stereocenters. The number of nitrogens with one attached hydrogen (secondary N) is 1. The SMILES string of the molecule is Cc1[nH]c(C(=O)N(C)[C@H](C)c2ccc(S(N)(=O)=O)cc2)c(C)c1C(=O)OC(C)C. The third-order valence-corrected chi connectivity index (χ3v) is 5.72. The molecule has 2 aromatic rings. The van der Waals surface area contributed by atoms with Crippen LogP contribution >= 0.6 is 0 Å². The van der Waals surface area contributed by atoms with Crippen molar-refractivity contribution in [2.24, 2.45) is 5.14 Å². The number of hydrogen-bond acceptors (Lipinski definition) is 5. The molecule has 0 aliphatic carbocycles. The number of primary sulfonamides is 1. The number of ether oxygens (including phenoxy) is 1. The number of rotatable bonds is 6. The van der Waals surface area contributed by atoms with Crippen LogP contribution in [0.3, 0.4) is 0 Å². The largest absolute Gasteiger partial charge is 0.459 e. The van der Waals surface area contributed by atoms with E-state index in [4.69, 9.17) is 9.88 Å². The second kappa shape index (κ2) is 8.38. The number of benzene rings is 1. The number of carbonyl (C=O) groups is 2. The fraction of sp³-hybridized carbons (Fsp3) is 0.400. The third kappa shape index (κ3) is 4.86. The van der Waals surface area contributed by atoms with Crippen molar-refractivity contribution >= 4 is 21.9 Å². The summed E-state index contributed by atoms with van der Waals surface area (Å²) in [6.45, 7) is 8.77. The molecule has 0 aliphatic heterocycles. The molecule has 8 nitrogen and oxygen atoms in total. The van der Waals surface area contributed by atoms with E-state index in [2.05, 4.69) is 4.98 Å². The van der Waals surface area contributed by atoms with Gasteiger partial charge in [-0.1, -0.05) is 12.1 Å². The number of carbonyl (C=O) groups excluding carboxylic acids is 2. The lowest BCUT2D eigenvalue weighted by Gasteiger charge is -2.25. The molecule has 0 bridgehead atoms. The first kappa shape index (κ1) is 22.6. The average molecular weight is 422 g/mol. The van der Waals surface area contributed by atoms with Gasteiger partial charge in [-0.2, -0.15) is 0 Å². The van der Waals surface area contributed by atoms with E-state index in [-0.39, 0.29) is 22.9 Å². The second-order valence-corrected chi connectivity index (χ2v) is 8.85. The van der Waals surface area contributed by atoms with Crippen LogP contribution in [0.25, 0.3) is 0 Å². The van der Waals surface area contributed by atoms with Gasteiger partial charge in [-0.25, -0.2) is 18.4 Å². The Morgan fingerprint density at radius 3 is 2.14 bits per heavy atom. The predicted octanol–water partition coefficient (Wildman–Crippen LogP) is 2.68. The summed E-state index contributed by atoms with van der Waals surface area (Å²) in [5, 5.41) is 5.12. The van der Waals surface area contributed by atoms with Gasteiger partial charge in [0.05, 0.1) is 22.6 Å². The Hall–Kier alpha value is -2.65. The maximum absolute atomic E-state index is 13.0. The molecule has 1 aromatic carbocycles. The molecule has 3 N–H and O–H groups in total. The summed E-state index contributed by atoms with van der Waals surface area (Å²) in [6, 6.07) is 5.71. The highest BCUT2D eigenvalue weighted by molar-refractivity contribution is 7.89. The second-order valence-electron chi connectivity index (χ2n) is 7.29. The van der Waals surface area contributed by atoms with Gasteiger partial charge in [-0.05, 0) is 57.9 Å². The van der Waals surface area contributed by atoms with Crippen LogP contribution in [0, 0.1) is 13.8 Å². The summed E-state index contributed by atoms with van der Waals surface area (Å²) < 4.78 is 28.1. The van der Waals surface area contributed by atoms with E-state index < -0.39 is 16.0 Å². The fourth-order valence-corrected chi connectivity index (χ4v) is 3.57. The van der Waals surface area contributed by atoms with Crippen molar-refractivity contribution in [2.45, 2.75) is 51.7 Å². The molecular formula is C20H27N3O5S. The Balaban J connectivity index is 2.29. The summed E-state index contributed by atoms with van der Waals surface area (Å²) in [4.78, 5) is 29.9. The highest BCUT2D eigenvalue weighted by atomic mass is 32.2. The topological polar surface area (TPSA) is 123 Å². The highest BCUT2D eigenvalue weighted by Crippen LogP contribution is 2.25. The van der Waals surface area contributed by atoms with Crippen LogP contribution in [0.4, 0.5) is 0 Å². The number of H-pyrrole nitrogens is 1. The quantitative estimate of drug-likeness (QED) is 0.694. The van der Waals surface area contributed by atoms with E-state index in [1.54, 1.807) is 46.9 Å². The van der Waals surface area contributed by atoms with Crippen LogP contribution in [-0.4, -0.2) is 43.3 Å². The van der Waals surface area contributed by atoms with Crippen LogP contribution in [0.15, 0.2) is 29.2 Å². The lowest BCUT2D eigenvalue weighted by Crippen LogP contribution is -2.30. The number of aryl methyl sites for hydroxylation is 1. The number of esters is 1. The molecule has 1 heterocycles. The van der Waals surface area contributed by atoms with E-state index in [0.29, 0.717) is 22.5 Å². The zero-order chi connectivity index (χ0) is 22.1. The first-order valence-corrected chi connectivity index (χ1v) is 10.7. The van der Waals surface area contributed by atoms with E-state index in [0.717, 1.165) is 5.56 Å². The van der Waals surface area contributed by atoms with Crippen LogP contribution in [0.2, 0.25) is 0 Å². The van der Waals surface area contributed by atoms with E-state index in [1.165, 1.54) is 17.0 Å². The lowest BCUT2D eigenvalue weighted by molar-refractivity contribution is 0.0376. The van der Waals surface area contributed by atoms with E-state index in [9.17, 15) is 18.0 Å². The lowest BCUT2D eigenvalue weighted by atomic mass is 10.1. The molecule has 0 spiro atoms. The minimum absolute atomic E-state index is 0.00609. The van der Waals surface area contributed by atoms with Crippen molar-refractivity contribution in [1.29, 1.82) is 0 Å². The summed E-state index contributed by atoms with van der Waals surface area (Å²) >= 11 is 0. The Morgan fingerprint density at radius 2 is 1.66 bits per heavy atom. The van der Waals surface area contributed by atoms with Gasteiger partial charge in [-0.15, -0.1) is 0 Å². The van der Waals surface area contributed by atoms with Crippen molar-refractivity contribution in [3.8, 4) is 0 Å². The molecule has 1 aromatic heterocycles. The minimum atomic E-state index is -3.78. The zero-order valence-electron chi connectivity index (χ0n) is 17.4. The minimum Gasteiger partial charge on any atom is -0.459 e. The van der Waals surface area contributed by atoms with Gasteiger partial charge in [-0.3, -0.25) is 4.79 Å². The fourth-order valence-electron chi connectivity index (χ4n) is 3.05. The standard InChI is InChI=1S/C20H27N3O5S/c1-11(2)28-20(25)17-12(3)18(22-13(17)4)19(24)23(6)14(5)15-7-9-16(10-8-15)29(21,26)27/h7-11,14,22H,1-6H3,(H2,21,26,27)/t14-/m1/s1. The van der Waals surface area contributed by atoms with Gasteiger partial charge in [0, 0.05) is 12.7 Å². The van der Waals surface area contributed by atoms with Crippen LogP contribution in [0.1, 0.15) is 64.5 Å². The van der Waals surface area contributed by atoms with Gasteiger partial charge in [0.1, 0.15) is 5.69 Å². The zero-order valence-corrected chi connectivity index (χ0v) is 18.3. The number of amides is 1. The first-order chi connectivity index (χ1) is 13.3. The predicted molar refractivity (Wildman–Crippen MR) is 109 cm³/mol. The number of hydrogen-bond donors (Lipinski definition) is 2. The molecule has 1 atom stereocenters. The van der Waals surface area contributed by atoms with Gasteiger partial charge in [0.2, 0.25) is 10.0 Å². The molecule has 0 fully saturated rings. The Kier molecular flexibility index (Phi) is 6.54. The van der Waals surface area contributed by atoms with Gasteiger partial charge >= 0.3 is 5.97 Å². The maximum Gasteiger partial charge on any atom is 0.340 e. The molecule has 0 aliphatic rings. The normalized spacial score (nSPS) is 12.7. The van der Waals surface area contributed by atoms with Crippen LogP contribution in [-0.2, 0) is 14.8 Å². The van der Waals surface area contributed by atoms with E-state index >= 15 is 0 Å². The molecule has 0 radical (unpaired) electrons. The summed E-state index contributed by atoms with van der Waals surface area (Å²) in [6.07, 6.45) is -0.265. The number of nitrogens with two attached hydrogens (primary N) is 1. The first-order valence-electron chi connectivity index (χ1n) is 9.14. The number of aromatic nitrogens is 1. The maximum atomic E-state index is 13.0. The molecule has 29 heavy (non-hydrogen) atoms. The monoisotopic (exact) mass is 421 g/mol. The molecule has 9 heteroatoms. The average Bonchev–Trinajstić information content (AvgIpc) is 2.93. The Morgan fingerprint density at radius 1 is 1.10 bits per heavy atom. The van der Waals surface area contributed by atoms with Gasteiger partial charge in [0.15, 0.2) is 0 Å². The Bertz CT molecular complexity index is 1020. The number of sulfonamides is 1. The van der Waals surface area contributed by atoms with Gasteiger partial charge in [0.25, 0.3) is 5.91 Å². The highest BCUT2D eigenvalue weighted by Gasteiger charge is 2.27.